The first-order chi connectivity index (χ1) is 16.3. The van der Waals surface area contributed by atoms with Gasteiger partial charge in [0.15, 0.2) is 5.69 Å². The van der Waals surface area contributed by atoms with Crippen molar-refractivity contribution in [3.63, 3.8) is 0 Å². The molecule has 1 amide bonds. The summed E-state index contributed by atoms with van der Waals surface area (Å²) >= 11 is 0. The second kappa shape index (κ2) is 8.92. The predicted octanol–water partition coefficient (Wildman–Crippen LogP) is 3.59. The minimum absolute atomic E-state index is 0.105. The number of amides is 1. The van der Waals surface area contributed by atoms with E-state index in [0.29, 0.717) is 11.7 Å². The highest BCUT2D eigenvalue weighted by molar-refractivity contribution is 5.94. The van der Waals surface area contributed by atoms with Crippen molar-refractivity contribution >= 4 is 11.6 Å². The van der Waals surface area contributed by atoms with Crippen LogP contribution in [0, 0.1) is 0 Å². The average molecular weight is 444 g/mol. The summed E-state index contributed by atoms with van der Waals surface area (Å²) in [5.74, 6) is 0.105. The van der Waals surface area contributed by atoms with Gasteiger partial charge < -0.3 is 9.30 Å². The van der Waals surface area contributed by atoms with Crippen molar-refractivity contribution in [3.8, 4) is 0 Å². The number of hydrogen-bond acceptors (Lipinski definition) is 4. The van der Waals surface area contributed by atoms with E-state index in [0.717, 1.165) is 63.5 Å². The van der Waals surface area contributed by atoms with E-state index in [4.69, 9.17) is 4.98 Å². The zero-order valence-corrected chi connectivity index (χ0v) is 19.3. The van der Waals surface area contributed by atoms with Gasteiger partial charge in [-0.1, -0.05) is 30.3 Å². The molecule has 0 aliphatic carbocycles. The van der Waals surface area contributed by atoms with Gasteiger partial charge in [-0.05, 0) is 55.4 Å². The van der Waals surface area contributed by atoms with Crippen molar-refractivity contribution in [2.24, 2.45) is 0 Å². The molecule has 172 valence electrons. The molecule has 6 heteroatoms. The molecule has 6 nitrogen and oxygen atoms in total. The van der Waals surface area contributed by atoms with Gasteiger partial charge in [-0.15, -0.1) is 0 Å². The topological polar surface area (TPSA) is 44.1 Å². The van der Waals surface area contributed by atoms with Gasteiger partial charge >= 0.3 is 0 Å². The molecule has 6 rings (SSSR count). The fraction of sp³-hybridized carbons (Fsp3) is 0.481. The van der Waals surface area contributed by atoms with Crippen LogP contribution < -0.4 is 0 Å². The lowest BCUT2D eigenvalue weighted by molar-refractivity contribution is 0.0779. The number of rotatable bonds is 4. The second-order valence-electron chi connectivity index (χ2n) is 9.83. The Morgan fingerprint density at radius 1 is 0.909 bits per heavy atom. The van der Waals surface area contributed by atoms with E-state index in [2.05, 4.69) is 44.7 Å². The van der Waals surface area contributed by atoms with Gasteiger partial charge in [-0.2, -0.15) is 0 Å². The maximum absolute atomic E-state index is 13.3. The Kier molecular flexibility index (Phi) is 5.64. The van der Waals surface area contributed by atoms with Crippen LogP contribution in [0.2, 0.25) is 0 Å². The van der Waals surface area contributed by atoms with E-state index in [1.54, 1.807) is 0 Å². The molecule has 3 aliphatic heterocycles. The highest BCUT2D eigenvalue weighted by Gasteiger charge is 2.30. The van der Waals surface area contributed by atoms with Crippen LogP contribution in [0.15, 0.2) is 48.7 Å². The quantitative estimate of drug-likeness (QED) is 0.618. The molecule has 5 heterocycles. The van der Waals surface area contributed by atoms with E-state index >= 15 is 0 Å². The molecule has 3 aliphatic rings. The first-order valence-corrected chi connectivity index (χ1v) is 12.5. The summed E-state index contributed by atoms with van der Waals surface area (Å²) in [6, 6.07) is 15.6. The third kappa shape index (κ3) is 4.06. The molecule has 0 atom stereocenters. The number of carbonyl (C=O) groups is 1. The molecule has 0 bridgehead atoms. The molecule has 2 saturated heterocycles. The highest BCUT2D eigenvalue weighted by atomic mass is 16.2. The second-order valence-corrected chi connectivity index (χ2v) is 9.83. The lowest BCUT2D eigenvalue weighted by Gasteiger charge is -2.40. The maximum Gasteiger partial charge on any atom is 0.274 e. The molecule has 0 radical (unpaired) electrons. The fourth-order valence-electron chi connectivity index (χ4n) is 5.92. The molecule has 0 N–H and O–H groups in total. The van der Waals surface area contributed by atoms with Gasteiger partial charge in [0.05, 0.1) is 5.69 Å². The Labute approximate surface area is 195 Å². The molecular weight excluding hydrogens is 410 g/mol. The molecule has 0 spiro atoms. The van der Waals surface area contributed by atoms with E-state index in [1.165, 1.54) is 36.9 Å². The third-order valence-electron chi connectivity index (χ3n) is 7.83. The van der Waals surface area contributed by atoms with Gasteiger partial charge in [0.1, 0.15) is 5.65 Å². The van der Waals surface area contributed by atoms with Gasteiger partial charge in [-0.3, -0.25) is 14.6 Å². The van der Waals surface area contributed by atoms with Crippen molar-refractivity contribution in [1.82, 2.24) is 24.1 Å². The number of likely N-dealkylation sites (tertiary alicyclic amines) is 2. The van der Waals surface area contributed by atoms with Crippen LogP contribution in [-0.2, 0) is 19.5 Å². The van der Waals surface area contributed by atoms with E-state index < -0.39 is 0 Å². The fourth-order valence-corrected chi connectivity index (χ4v) is 5.92. The van der Waals surface area contributed by atoms with Crippen molar-refractivity contribution in [2.75, 3.05) is 32.7 Å². The summed E-state index contributed by atoms with van der Waals surface area (Å²) in [6.45, 7) is 6.90. The molecule has 3 aromatic rings. The molecule has 2 aromatic heterocycles. The largest absolute Gasteiger partial charge is 0.337 e. The Bertz CT molecular complexity index is 1140. The third-order valence-corrected chi connectivity index (χ3v) is 7.83. The maximum atomic E-state index is 13.3. The van der Waals surface area contributed by atoms with Gasteiger partial charge in [-0.25, -0.2) is 4.98 Å². The van der Waals surface area contributed by atoms with Crippen molar-refractivity contribution < 1.29 is 4.79 Å². The Morgan fingerprint density at radius 3 is 2.48 bits per heavy atom. The van der Waals surface area contributed by atoms with Gasteiger partial charge in [0.2, 0.25) is 0 Å². The number of pyridine rings is 1. The molecular formula is C27H33N5O. The summed E-state index contributed by atoms with van der Waals surface area (Å²) in [5.41, 5.74) is 5.60. The van der Waals surface area contributed by atoms with Crippen LogP contribution in [-0.4, -0.2) is 68.8 Å². The summed E-state index contributed by atoms with van der Waals surface area (Å²) < 4.78 is 2.12. The Balaban J connectivity index is 1.15. The lowest BCUT2D eigenvalue weighted by Crippen LogP contribution is -2.46. The number of carbonyl (C=O) groups excluding carboxylic acids is 1. The minimum atomic E-state index is 0.105. The summed E-state index contributed by atoms with van der Waals surface area (Å²) in [7, 11) is 0. The smallest absolute Gasteiger partial charge is 0.274 e. The highest BCUT2D eigenvalue weighted by Crippen LogP contribution is 2.26. The van der Waals surface area contributed by atoms with Crippen LogP contribution in [0.5, 0.6) is 0 Å². The number of fused-ring (bicyclic) bond motifs is 2. The number of nitrogens with zero attached hydrogens (tertiary/aromatic N) is 5. The van der Waals surface area contributed by atoms with Crippen LogP contribution in [0.4, 0.5) is 0 Å². The number of hydrogen-bond donors (Lipinski definition) is 0. The van der Waals surface area contributed by atoms with Crippen molar-refractivity contribution in [1.29, 1.82) is 0 Å². The van der Waals surface area contributed by atoms with Gasteiger partial charge in [0, 0.05) is 58.1 Å². The SMILES string of the molecule is O=C(c1nc2ccccn2c1CN1CCC(N2CCc3ccccc3C2)CC1)N1CCCC1. The van der Waals surface area contributed by atoms with Crippen LogP contribution in [0.3, 0.4) is 0 Å². The molecule has 0 saturated carbocycles. The van der Waals surface area contributed by atoms with E-state index in [-0.39, 0.29) is 5.91 Å². The lowest BCUT2D eigenvalue weighted by atomic mass is 9.95. The standard InChI is InChI=1S/C27H33N5O/c33-27(30-13-5-6-14-30)26-24(32-15-4-3-9-25(32)28-26)20-29-16-11-23(12-17-29)31-18-10-21-7-1-2-8-22(21)19-31/h1-4,7-9,15,23H,5-6,10-14,16-20H2. The average Bonchev–Trinajstić information content (AvgIpc) is 3.53. The molecule has 0 unspecified atom stereocenters. The summed E-state index contributed by atoms with van der Waals surface area (Å²) in [6.07, 6.45) is 7.80. The van der Waals surface area contributed by atoms with Crippen LogP contribution in [0.1, 0.15) is 53.0 Å². The van der Waals surface area contributed by atoms with Crippen molar-refractivity contribution in [3.05, 3.63) is 71.2 Å². The normalized spacial score (nSPS) is 20.4. The zero-order valence-electron chi connectivity index (χ0n) is 19.3. The number of benzene rings is 1. The van der Waals surface area contributed by atoms with Crippen LogP contribution in [0.25, 0.3) is 5.65 Å². The zero-order chi connectivity index (χ0) is 22.2. The van der Waals surface area contributed by atoms with Crippen LogP contribution >= 0.6 is 0 Å². The van der Waals surface area contributed by atoms with Crippen molar-refractivity contribution in [2.45, 2.75) is 51.2 Å². The van der Waals surface area contributed by atoms with E-state index in [9.17, 15) is 4.79 Å². The number of imidazole rings is 1. The number of aromatic nitrogens is 2. The Morgan fingerprint density at radius 2 is 1.67 bits per heavy atom. The molecule has 33 heavy (non-hydrogen) atoms. The summed E-state index contributed by atoms with van der Waals surface area (Å²) in [5, 5.41) is 0. The predicted molar refractivity (Wildman–Crippen MR) is 129 cm³/mol. The first-order valence-electron chi connectivity index (χ1n) is 12.5. The summed E-state index contributed by atoms with van der Waals surface area (Å²) in [4.78, 5) is 25.2. The van der Waals surface area contributed by atoms with Gasteiger partial charge in [0.25, 0.3) is 5.91 Å². The minimum Gasteiger partial charge on any atom is -0.337 e. The monoisotopic (exact) mass is 443 g/mol. The molecule has 2 fully saturated rings. The first kappa shape index (κ1) is 20.9. The number of piperidine rings is 1. The van der Waals surface area contributed by atoms with E-state index in [1.807, 2.05) is 23.1 Å². The Hall–Kier alpha value is -2.70. The molecule has 1 aromatic carbocycles.